The maximum absolute atomic E-state index is 11.2. The summed E-state index contributed by atoms with van der Waals surface area (Å²) in [5.41, 5.74) is 6.23. The molecule has 0 bridgehead atoms. The summed E-state index contributed by atoms with van der Waals surface area (Å²) in [5.74, 6) is 0.201. The summed E-state index contributed by atoms with van der Waals surface area (Å²) < 4.78 is 7.98. The molecule has 0 amide bonds. The summed E-state index contributed by atoms with van der Waals surface area (Å²) in [6, 6.07) is 0. The third kappa shape index (κ3) is 8.09. The standard InChI is InChI=1S/C21H40N4O2/c1-16(26)10-11-21(8,9)27-13-12-18(2,3)17-14-25(24-23-17)20(6,7)15-19(4,5)22/h14H,10-13,15,22H2,1-9H3. The van der Waals surface area contributed by atoms with Crippen molar-refractivity contribution in [2.75, 3.05) is 6.61 Å². The molecule has 0 aromatic carbocycles. The number of rotatable bonds is 11. The van der Waals surface area contributed by atoms with E-state index in [1.165, 1.54) is 0 Å². The number of hydrogen-bond acceptors (Lipinski definition) is 5. The second-order valence-corrected chi connectivity index (χ2v) is 10.5. The molecule has 0 fully saturated rings. The van der Waals surface area contributed by atoms with Gasteiger partial charge >= 0.3 is 0 Å². The summed E-state index contributed by atoms with van der Waals surface area (Å²) in [4.78, 5) is 11.2. The molecule has 1 aromatic rings. The quantitative estimate of drug-likeness (QED) is 0.628. The number of Topliss-reactive ketones (excluding diaryl/α,β-unsaturated/α-hetero) is 1. The molecule has 0 aliphatic carbocycles. The summed E-state index contributed by atoms with van der Waals surface area (Å²) in [6.45, 7) is 19.0. The Balaban J connectivity index is 2.71. The topological polar surface area (TPSA) is 83.0 Å². The SMILES string of the molecule is CC(=O)CCC(C)(C)OCCC(C)(C)c1cn(C(C)(C)CC(C)(C)N)nn1. The molecule has 1 rings (SSSR count). The van der Waals surface area contributed by atoms with Crippen molar-refractivity contribution >= 4 is 5.78 Å². The molecule has 27 heavy (non-hydrogen) atoms. The van der Waals surface area contributed by atoms with E-state index in [4.69, 9.17) is 10.5 Å². The van der Waals surface area contributed by atoms with Crippen LogP contribution in [0.3, 0.4) is 0 Å². The van der Waals surface area contributed by atoms with Gasteiger partial charge in [-0.05, 0) is 67.7 Å². The molecule has 0 spiro atoms. The van der Waals surface area contributed by atoms with Crippen molar-refractivity contribution in [2.24, 2.45) is 5.73 Å². The van der Waals surface area contributed by atoms with Gasteiger partial charge in [-0.3, -0.25) is 0 Å². The minimum atomic E-state index is -0.298. The largest absolute Gasteiger partial charge is 0.376 e. The second-order valence-electron chi connectivity index (χ2n) is 10.5. The van der Waals surface area contributed by atoms with E-state index < -0.39 is 0 Å². The first-order valence-corrected chi connectivity index (χ1v) is 9.90. The minimum absolute atomic E-state index is 0.150. The van der Waals surface area contributed by atoms with Gasteiger partial charge in [-0.15, -0.1) is 5.10 Å². The molecule has 0 aliphatic heterocycles. The average Bonchev–Trinajstić information content (AvgIpc) is 2.93. The van der Waals surface area contributed by atoms with Crippen molar-refractivity contribution in [3.05, 3.63) is 11.9 Å². The van der Waals surface area contributed by atoms with Crippen LogP contribution in [-0.2, 0) is 20.5 Å². The lowest BCUT2D eigenvalue weighted by molar-refractivity contribution is -0.118. The Hall–Kier alpha value is -1.27. The van der Waals surface area contributed by atoms with Crippen LogP contribution in [-0.4, -0.2) is 38.5 Å². The number of ether oxygens (including phenoxy) is 1. The van der Waals surface area contributed by atoms with Crippen LogP contribution in [0.25, 0.3) is 0 Å². The third-order valence-corrected chi connectivity index (χ3v) is 4.99. The van der Waals surface area contributed by atoms with E-state index >= 15 is 0 Å². The van der Waals surface area contributed by atoms with Crippen LogP contribution in [0.4, 0.5) is 0 Å². The van der Waals surface area contributed by atoms with E-state index in [-0.39, 0.29) is 27.9 Å². The highest BCUT2D eigenvalue weighted by molar-refractivity contribution is 5.75. The number of nitrogens with two attached hydrogens (primary N) is 1. The molecule has 156 valence electrons. The highest BCUT2D eigenvalue weighted by Gasteiger charge is 2.32. The fourth-order valence-corrected chi connectivity index (χ4v) is 3.33. The average molecular weight is 381 g/mol. The molecular formula is C21H40N4O2. The molecule has 1 heterocycles. The predicted molar refractivity (Wildman–Crippen MR) is 110 cm³/mol. The summed E-state index contributed by atoms with van der Waals surface area (Å²) in [7, 11) is 0. The fourth-order valence-electron chi connectivity index (χ4n) is 3.33. The van der Waals surface area contributed by atoms with Gasteiger partial charge in [-0.2, -0.15) is 0 Å². The Bertz CT molecular complexity index is 624. The van der Waals surface area contributed by atoms with Gasteiger partial charge in [0.2, 0.25) is 0 Å². The summed E-state index contributed by atoms with van der Waals surface area (Å²) in [5, 5.41) is 8.81. The van der Waals surface area contributed by atoms with Gasteiger partial charge in [0, 0.05) is 30.2 Å². The molecule has 0 atom stereocenters. The van der Waals surface area contributed by atoms with Crippen LogP contribution >= 0.6 is 0 Å². The Morgan fingerprint density at radius 2 is 1.70 bits per heavy atom. The minimum Gasteiger partial charge on any atom is -0.376 e. The first-order chi connectivity index (χ1) is 12.0. The van der Waals surface area contributed by atoms with Crippen molar-refractivity contribution in [3.63, 3.8) is 0 Å². The zero-order chi connectivity index (χ0) is 21.1. The first-order valence-electron chi connectivity index (χ1n) is 9.90. The second kappa shape index (κ2) is 8.39. The molecule has 1 aromatic heterocycles. The van der Waals surface area contributed by atoms with Crippen molar-refractivity contribution in [3.8, 4) is 0 Å². The van der Waals surface area contributed by atoms with Crippen LogP contribution in [0.1, 0.15) is 93.7 Å². The van der Waals surface area contributed by atoms with E-state index in [1.807, 2.05) is 38.6 Å². The lowest BCUT2D eigenvalue weighted by Crippen LogP contribution is -2.42. The number of nitrogens with zero attached hydrogens (tertiary/aromatic N) is 3. The van der Waals surface area contributed by atoms with Crippen LogP contribution in [0.2, 0.25) is 0 Å². The molecular weight excluding hydrogens is 340 g/mol. The van der Waals surface area contributed by atoms with E-state index in [0.29, 0.717) is 13.0 Å². The smallest absolute Gasteiger partial charge is 0.129 e. The van der Waals surface area contributed by atoms with E-state index in [2.05, 4.69) is 38.0 Å². The van der Waals surface area contributed by atoms with Crippen molar-refractivity contribution in [1.29, 1.82) is 0 Å². The van der Waals surface area contributed by atoms with Gasteiger partial charge in [-0.1, -0.05) is 19.1 Å². The van der Waals surface area contributed by atoms with Crippen LogP contribution in [0, 0.1) is 0 Å². The van der Waals surface area contributed by atoms with E-state index in [0.717, 1.165) is 25.0 Å². The molecule has 0 aliphatic rings. The maximum atomic E-state index is 11.2. The van der Waals surface area contributed by atoms with Gasteiger partial charge in [0.05, 0.1) is 16.8 Å². The van der Waals surface area contributed by atoms with Gasteiger partial charge < -0.3 is 15.3 Å². The predicted octanol–water partition coefficient (Wildman–Crippen LogP) is 3.97. The number of hydrogen-bond donors (Lipinski definition) is 1. The molecule has 0 saturated carbocycles. The van der Waals surface area contributed by atoms with Crippen molar-refractivity contribution in [2.45, 2.75) is 110 Å². The Kier molecular flexibility index (Phi) is 7.39. The highest BCUT2D eigenvalue weighted by Crippen LogP contribution is 2.30. The Labute approximate surface area is 165 Å². The van der Waals surface area contributed by atoms with Gasteiger partial charge in [0.15, 0.2) is 0 Å². The lowest BCUT2D eigenvalue weighted by Gasteiger charge is -2.32. The van der Waals surface area contributed by atoms with E-state index in [9.17, 15) is 4.79 Å². The first kappa shape index (κ1) is 23.8. The third-order valence-electron chi connectivity index (χ3n) is 4.99. The molecule has 6 nitrogen and oxygen atoms in total. The lowest BCUT2D eigenvalue weighted by atomic mass is 9.85. The zero-order valence-electron chi connectivity index (χ0n) is 18.8. The molecule has 2 N–H and O–H groups in total. The van der Waals surface area contributed by atoms with Crippen molar-refractivity contribution in [1.82, 2.24) is 15.0 Å². The van der Waals surface area contributed by atoms with Crippen LogP contribution in [0.5, 0.6) is 0 Å². The number of carbonyl (C=O) groups is 1. The number of carbonyl (C=O) groups excluding carboxylic acids is 1. The number of aromatic nitrogens is 3. The van der Waals surface area contributed by atoms with Gasteiger partial charge in [0.1, 0.15) is 5.78 Å². The Morgan fingerprint density at radius 3 is 2.22 bits per heavy atom. The van der Waals surface area contributed by atoms with Crippen LogP contribution < -0.4 is 5.73 Å². The molecule has 0 saturated heterocycles. The van der Waals surface area contributed by atoms with Gasteiger partial charge in [-0.25, -0.2) is 4.68 Å². The normalized spacial score (nSPS) is 13.9. The summed E-state index contributed by atoms with van der Waals surface area (Å²) >= 11 is 0. The Morgan fingerprint density at radius 1 is 1.11 bits per heavy atom. The van der Waals surface area contributed by atoms with Gasteiger partial charge in [0.25, 0.3) is 0 Å². The summed E-state index contributed by atoms with van der Waals surface area (Å²) in [6.07, 6.45) is 4.96. The molecule has 0 radical (unpaired) electrons. The maximum Gasteiger partial charge on any atom is 0.129 e. The zero-order valence-corrected chi connectivity index (χ0v) is 18.8. The highest BCUT2D eigenvalue weighted by atomic mass is 16.5. The molecule has 0 unspecified atom stereocenters. The van der Waals surface area contributed by atoms with Crippen molar-refractivity contribution < 1.29 is 9.53 Å². The monoisotopic (exact) mass is 380 g/mol. The fraction of sp³-hybridized carbons (Fsp3) is 0.857. The van der Waals surface area contributed by atoms with Crippen LogP contribution in [0.15, 0.2) is 6.20 Å². The van der Waals surface area contributed by atoms with E-state index in [1.54, 1.807) is 6.92 Å². The number of ketones is 1. The molecule has 6 heteroatoms.